The molecule has 80 valence electrons. The zero-order valence-electron chi connectivity index (χ0n) is 9.72. The summed E-state index contributed by atoms with van der Waals surface area (Å²) >= 11 is 5.18. The van der Waals surface area contributed by atoms with Gasteiger partial charge in [-0.05, 0) is 23.0 Å². The molecule has 1 aromatic heterocycles. The van der Waals surface area contributed by atoms with E-state index in [0.717, 1.165) is 11.3 Å². The Morgan fingerprint density at radius 2 is 1.86 bits per heavy atom. The van der Waals surface area contributed by atoms with E-state index in [-0.39, 0.29) is 10.8 Å². The zero-order chi connectivity index (χ0) is 11.0. The number of aromatic nitrogens is 2. The fourth-order valence-corrected chi connectivity index (χ4v) is 1.33. The van der Waals surface area contributed by atoms with Crippen LogP contribution in [0.5, 0.6) is 0 Å². The van der Waals surface area contributed by atoms with Gasteiger partial charge in [0.1, 0.15) is 0 Å². The van der Waals surface area contributed by atoms with E-state index < -0.39 is 0 Å². The molecule has 0 bridgehead atoms. The molecule has 0 aliphatic carbocycles. The summed E-state index contributed by atoms with van der Waals surface area (Å²) in [5.41, 5.74) is 0.506. The number of H-pyrrole nitrogens is 1. The van der Waals surface area contributed by atoms with E-state index in [9.17, 15) is 0 Å². The quantitative estimate of drug-likeness (QED) is 0.743. The first-order valence-electron chi connectivity index (χ1n) is 4.98. The molecule has 0 saturated heterocycles. The van der Waals surface area contributed by atoms with Gasteiger partial charge in [0, 0.05) is 18.9 Å². The van der Waals surface area contributed by atoms with Crippen LogP contribution < -0.4 is 0 Å². The minimum absolute atomic E-state index is 0.230. The summed E-state index contributed by atoms with van der Waals surface area (Å²) in [4.78, 5) is 3.02. The lowest BCUT2D eigenvalue weighted by molar-refractivity contribution is 0.107. The molecular weight excluding hydrogens is 192 g/mol. The number of imidazole rings is 1. The fourth-order valence-electron chi connectivity index (χ4n) is 1.14. The topological polar surface area (TPSA) is 20.7 Å². The molecule has 0 spiro atoms. The molecule has 0 aliphatic rings. The standard InChI is InChI=1S/C11H20N2S/c1-10(2,3)11(4,5)8-13-7-6-12-9(13)14/h6-7H,8H2,1-5H3,(H,12,14). The van der Waals surface area contributed by atoms with E-state index in [0.29, 0.717) is 0 Å². The second kappa shape index (κ2) is 3.54. The lowest BCUT2D eigenvalue weighted by Gasteiger charge is -2.39. The molecule has 1 rings (SSSR count). The molecule has 0 amide bonds. The summed E-state index contributed by atoms with van der Waals surface area (Å²) in [6.07, 6.45) is 3.90. The van der Waals surface area contributed by atoms with Crippen molar-refractivity contribution in [3.05, 3.63) is 17.2 Å². The average molecular weight is 212 g/mol. The molecule has 0 atom stereocenters. The minimum atomic E-state index is 0.230. The maximum atomic E-state index is 5.18. The van der Waals surface area contributed by atoms with Crippen LogP contribution in [-0.4, -0.2) is 9.55 Å². The van der Waals surface area contributed by atoms with E-state index in [4.69, 9.17) is 12.2 Å². The Morgan fingerprint density at radius 3 is 2.21 bits per heavy atom. The second-order valence-electron chi connectivity index (χ2n) is 5.53. The zero-order valence-corrected chi connectivity index (χ0v) is 10.5. The number of nitrogens with zero attached hydrogens (tertiary/aromatic N) is 1. The molecule has 3 heteroatoms. The summed E-state index contributed by atoms with van der Waals surface area (Å²) < 4.78 is 2.91. The smallest absolute Gasteiger partial charge is 0.177 e. The van der Waals surface area contributed by atoms with Crippen LogP contribution >= 0.6 is 12.2 Å². The van der Waals surface area contributed by atoms with Crippen molar-refractivity contribution < 1.29 is 0 Å². The van der Waals surface area contributed by atoms with Crippen LogP contribution in [0, 0.1) is 15.6 Å². The highest BCUT2D eigenvalue weighted by Gasteiger charge is 2.32. The Morgan fingerprint density at radius 1 is 1.29 bits per heavy atom. The van der Waals surface area contributed by atoms with E-state index in [1.165, 1.54) is 0 Å². The third-order valence-corrected chi connectivity index (χ3v) is 3.67. The molecule has 1 N–H and O–H groups in total. The molecule has 14 heavy (non-hydrogen) atoms. The van der Waals surface area contributed by atoms with Crippen LogP contribution in [0.1, 0.15) is 34.6 Å². The SMILES string of the molecule is CC(C)(C)C(C)(C)Cn1cc[nH]c1=S. The van der Waals surface area contributed by atoms with E-state index in [1.807, 2.05) is 12.4 Å². The highest BCUT2D eigenvalue weighted by molar-refractivity contribution is 7.71. The highest BCUT2D eigenvalue weighted by Crippen LogP contribution is 2.39. The van der Waals surface area contributed by atoms with Gasteiger partial charge in [-0.1, -0.05) is 34.6 Å². The van der Waals surface area contributed by atoms with Crippen molar-refractivity contribution in [2.24, 2.45) is 10.8 Å². The molecule has 1 aromatic rings. The number of nitrogens with one attached hydrogen (secondary N) is 1. The molecule has 0 aromatic carbocycles. The van der Waals surface area contributed by atoms with E-state index in [1.54, 1.807) is 0 Å². The number of hydrogen-bond acceptors (Lipinski definition) is 1. The monoisotopic (exact) mass is 212 g/mol. The summed E-state index contributed by atoms with van der Waals surface area (Å²) in [7, 11) is 0. The number of rotatable bonds is 2. The Bertz CT molecular complexity index is 352. The van der Waals surface area contributed by atoms with Gasteiger partial charge in [-0.25, -0.2) is 0 Å². The van der Waals surface area contributed by atoms with Crippen LogP contribution in [0.4, 0.5) is 0 Å². The Balaban J connectivity index is 2.89. The second-order valence-corrected chi connectivity index (χ2v) is 5.91. The van der Waals surface area contributed by atoms with Gasteiger partial charge in [-0.3, -0.25) is 0 Å². The van der Waals surface area contributed by atoms with Crippen LogP contribution in [-0.2, 0) is 6.54 Å². The highest BCUT2D eigenvalue weighted by atomic mass is 32.1. The third kappa shape index (κ3) is 2.27. The summed E-state index contributed by atoms with van der Waals surface area (Å²) in [6, 6.07) is 0. The van der Waals surface area contributed by atoms with Gasteiger partial charge >= 0.3 is 0 Å². The molecule has 0 aliphatic heterocycles. The predicted molar refractivity (Wildman–Crippen MR) is 62.9 cm³/mol. The van der Waals surface area contributed by atoms with Crippen molar-refractivity contribution in [1.82, 2.24) is 9.55 Å². The van der Waals surface area contributed by atoms with Crippen molar-refractivity contribution >= 4 is 12.2 Å². The minimum Gasteiger partial charge on any atom is -0.337 e. The third-order valence-electron chi connectivity index (χ3n) is 3.32. The maximum Gasteiger partial charge on any atom is 0.177 e. The van der Waals surface area contributed by atoms with Gasteiger partial charge in [0.05, 0.1) is 0 Å². The lowest BCUT2D eigenvalue weighted by atomic mass is 9.69. The van der Waals surface area contributed by atoms with Gasteiger partial charge in [0.15, 0.2) is 4.77 Å². The van der Waals surface area contributed by atoms with Crippen molar-refractivity contribution in [3.8, 4) is 0 Å². The largest absolute Gasteiger partial charge is 0.337 e. The van der Waals surface area contributed by atoms with Crippen molar-refractivity contribution in [1.29, 1.82) is 0 Å². The normalized spacial score (nSPS) is 13.2. The molecule has 0 saturated carbocycles. The first kappa shape index (κ1) is 11.5. The van der Waals surface area contributed by atoms with Gasteiger partial charge in [-0.15, -0.1) is 0 Å². The molecule has 0 radical (unpaired) electrons. The van der Waals surface area contributed by atoms with Crippen LogP contribution in [0.3, 0.4) is 0 Å². The number of hydrogen-bond donors (Lipinski definition) is 1. The Kier molecular flexibility index (Phi) is 2.91. The van der Waals surface area contributed by atoms with E-state index >= 15 is 0 Å². The molecule has 2 nitrogen and oxygen atoms in total. The fraction of sp³-hybridized carbons (Fsp3) is 0.727. The Labute approximate surface area is 91.3 Å². The Hall–Kier alpha value is -0.570. The van der Waals surface area contributed by atoms with Gasteiger partial charge in [0.2, 0.25) is 0 Å². The van der Waals surface area contributed by atoms with Crippen molar-refractivity contribution in [2.45, 2.75) is 41.2 Å². The predicted octanol–water partition coefficient (Wildman–Crippen LogP) is 3.62. The molecule has 1 heterocycles. The number of aromatic amines is 1. The lowest BCUT2D eigenvalue weighted by Crippen LogP contribution is -2.33. The van der Waals surface area contributed by atoms with Gasteiger partial charge in [0.25, 0.3) is 0 Å². The molecule has 0 unspecified atom stereocenters. The van der Waals surface area contributed by atoms with Crippen LogP contribution in [0.2, 0.25) is 0 Å². The van der Waals surface area contributed by atoms with Crippen LogP contribution in [0.25, 0.3) is 0 Å². The summed E-state index contributed by atoms with van der Waals surface area (Å²) in [5, 5.41) is 0. The van der Waals surface area contributed by atoms with E-state index in [2.05, 4.69) is 44.2 Å². The average Bonchev–Trinajstić information content (AvgIpc) is 2.33. The maximum absolute atomic E-state index is 5.18. The van der Waals surface area contributed by atoms with Crippen molar-refractivity contribution in [3.63, 3.8) is 0 Å². The molecule has 0 fully saturated rings. The first-order chi connectivity index (χ1) is 6.24. The first-order valence-corrected chi connectivity index (χ1v) is 5.39. The van der Waals surface area contributed by atoms with Crippen molar-refractivity contribution in [2.75, 3.05) is 0 Å². The van der Waals surface area contributed by atoms with Gasteiger partial charge < -0.3 is 9.55 Å². The van der Waals surface area contributed by atoms with Crippen LogP contribution in [0.15, 0.2) is 12.4 Å². The summed E-state index contributed by atoms with van der Waals surface area (Å²) in [5.74, 6) is 0. The summed E-state index contributed by atoms with van der Waals surface area (Å²) in [6.45, 7) is 12.3. The molecular formula is C11H20N2S. The van der Waals surface area contributed by atoms with Gasteiger partial charge in [-0.2, -0.15) is 0 Å².